The Morgan fingerprint density at radius 2 is 2.15 bits per heavy atom. The molecule has 0 spiro atoms. The molecule has 0 bridgehead atoms. The second kappa shape index (κ2) is 6.74. The average molecular weight is 368 g/mol. The summed E-state index contributed by atoms with van der Waals surface area (Å²) in [4.78, 5) is 24.2. The summed E-state index contributed by atoms with van der Waals surface area (Å²) >= 11 is 0. The lowest BCUT2D eigenvalue weighted by atomic mass is 9.96. The average Bonchev–Trinajstić information content (AvgIpc) is 2.58. The van der Waals surface area contributed by atoms with Crippen LogP contribution in [-0.4, -0.2) is 36.4 Å². The van der Waals surface area contributed by atoms with Crippen molar-refractivity contribution in [3.8, 4) is 5.75 Å². The van der Waals surface area contributed by atoms with E-state index >= 15 is 0 Å². The normalized spacial score (nSPS) is 19.1. The van der Waals surface area contributed by atoms with E-state index in [0.29, 0.717) is 11.3 Å². The third-order valence-corrected chi connectivity index (χ3v) is 4.09. The Balaban J connectivity index is 1.84. The van der Waals surface area contributed by atoms with Gasteiger partial charge in [0.2, 0.25) is 0 Å². The molecule has 1 heterocycles. The van der Waals surface area contributed by atoms with Gasteiger partial charge in [-0.05, 0) is 24.1 Å². The third-order valence-electron chi connectivity index (χ3n) is 4.09. The van der Waals surface area contributed by atoms with Crippen LogP contribution in [0.15, 0.2) is 42.0 Å². The van der Waals surface area contributed by atoms with Crippen LogP contribution in [0.1, 0.15) is 6.42 Å². The number of carbonyl (C=O) groups excluding carboxylic acids is 1. The quantitative estimate of drug-likeness (QED) is 0.855. The number of anilines is 2. The molecule has 1 aromatic rings. The van der Waals surface area contributed by atoms with Gasteiger partial charge in [-0.1, -0.05) is 24.3 Å². The zero-order valence-corrected chi connectivity index (χ0v) is 13.4. The molecule has 1 aliphatic carbocycles. The van der Waals surface area contributed by atoms with Crippen LogP contribution in [0.2, 0.25) is 0 Å². The predicted molar refractivity (Wildman–Crippen MR) is 87.3 cm³/mol. The summed E-state index contributed by atoms with van der Waals surface area (Å²) < 4.78 is 43.4. The molecule has 0 aromatic heterocycles. The molecule has 6 nitrogen and oxygen atoms in total. The van der Waals surface area contributed by atoms with Crippen molar-refractivity contribution in [2.24, 2.45) is 5.92 Å². The maximum atomic E-state index is 12.7. The van der Waals surface area contributed by atoms with Gasteiger partial charge in [0.15, 0.2) is 6.61 Å². The summed E-state index contributed by atoms with van der Waals surface area (Å²) in [5.74, 6) is -1.65. The van der Waals surface area contributed by atoms with Crippen LogP contribution in [0.3, 0.4) is 0 Å². The number of ether oxygens (including phenoxy) is 1. The van der Waals surface area contributed by atoms with Crippen molar-refractivity contribution in [2.45, 2.75) is 12.6 Å². The van der Waals surface area contributed by atoms with E-state index in [1.807, 2.05) is 0 Å². The van der Waals surface area contributed by atoms with Crippen molar-refractivity contribution >= 4 is 23.4 Å². The van der Waals surface area contributed by atoms with Crippen molar-refractivity contribution in [3.05, 3.63) is 42.0 Å². The molecule has 0 fully saturated rings. The number of nitrogens with zero attached hydrogens (tertiary/aromatic N) is 1. The Bertz CT molecular complexity index is 802. The molecule has 1 unspecified atom stereocenters. The highest BCUT2D eigenvalue weighted by atomic mass is 19.4. The van der Waals surface area contributed by atoms with Crippen LogP contribution in [0.5, 0.6) is 5.75 Å². The molecule has 2 N–H and O–H groups in total. The van der Waals surface area contributed by atoms with Crippen LogP contribution < -0.4 is 15.0 Å². The molecule has 0 saturated heterocycles. The zero-order chi connectivity index (χ0) is 18.9. The Morgan fingerprint density at radius 1 is 1.38 bits per heavy atom. The van der Waals surface area contributed by atoms with Crippen molar-refractivity contribution in [2.75, 3.05) is 23.4 Å². The van der Waals surface area contributed by atoms with Crippen molar-refractivity contribution < 1.29 is 32.6 Å². The number of hydrogen-bond donors (Lipinski definition) is 2. The van der Waals surface area contributed by atoms with Crippen molar-refractivity contribution in [3.63, 3.8) is 0 Å². The minimum Gasteiger partial charge on any atom is -0.481 e. The summed E-state index contributed by atoms with van der Waals surface area (Å²) in [5.41, 5.74) is 0.851. The van der Waals surface area contributed by atoms with Crippen LogP contribution >= 0.6 is 0 Å². The van der Waals surface area contributed by atoms with Gasteiger partial charge in [0.05, 0.1) is 18.2 Å². The van der Waals surface area contributed by atoms with Crippen LogP contribution in [0, 0.1) is 5.92 Å². The van der Waals surface area contributed by atoms with E-state index in [1.54, 1.807) is 12.1 Å². The predicted octanol–water partition coefficient (Wildman–Crippen LogP) is 3.57. The van der Waals surface area contributed by atoms with Gasteiger partial charge in [0.1, 0.15) is 11.4 Å². The number of carboxylic acid groups (broad SMARTS) is 1. The fraction of sp³-hybridized carbons (Fsp3) is 0.294. The van der Waals surface area contributed by atoms with Crippen LogP contribution in [0.25, 0.3) is 0 Å². The number of alkyl halides is 3. The number of fused-ring (bicyclic) bond motifs is 1. The van der Waals surface area contributed by atoms with Gasteiger partial charge in [0, 0.05) is 0 Å². The lowest BCUT2D eigenvalue weighted by Crippen LogP contribution is -2.34. The van der Waals surface area contributed by atoms with E-state index in [4.69, 9.17) is 4.74 Å². The number of allylic oxidation sites excluding steroid dienone is 2. The van der Waals surface area contributed by atoms with Gasteiger partial charge in [-0.15, -0.1) is 0 Å². The highest BCUT2D eigenvalue weighted by Crippen LogP contribution is 2.38. The van der Waals surface area contributed by atoms with Gasteiger partial charge in [-0.2, -0.15) is 13.2 Å². The highest BCUT2D eigenvalue weighted by molar-refractivity contribution is 6.02. The van der Waals surface area contributed by atoms with E-state index in [1.165, 1.54) is 18.2 Å². The van der Waals surface area contributed by atoms with E-state index in [2.05, 4.69) is 5.32 Å². The summed E-state index contributed by atoms with van der Waals surface area (Å²) in [6, 6.07) is 4.66. The molecule has 1 aliphatic heterocycles. The summed E-state index contributed by atoms with van der Waals surface area (Å²) in [6.07, 6.45) is -2.19. The van der Waals surface area contributed by atoms with E-state index in [9.17, 15) is 27.9 Å². The summed E-state index contributed by atoms with van der Waals surface area (Å²) in [5, 5.41) is 12.1. The number of halogens is 3. The number of carbonyl (C=O) groups is 2. The molecule has 1 atom stereocenters. The standard InChI is InChI=1S/C17H15F3N2O4/c18-17(19,20)11-6-4-10(5-7-11)8-22(16(24)25)12-2-1-3-13-15(12)21-14(23)9-26-13/h1-6,11H,7-9H2,(H,21,23)(H,24,25). The first kappa shape index (κ1) is 17.8. The van der Waals surface area contributed by atoms with Crippen molar-refractivity contribution in [1.29, 1.82) is 0 Å². The topological polar surface area (TPSA) is 78.9 Å². The lowest BCUT2D eigenvalue weighted by molar-refractivity contribution is -0.160. The maximum Gasteiger partial charge on any atom is 0.412 e. The minimum absolute atomic E-state index is 0.150. The monoisotopic (exact) mass is 368 g/mol. The molecule has 26 heavy (non-hydrogen) atoms. The molecule has 2 amide bonds. The molecular weight excluding hydrogens is 353 g/mol. The van der Waals surface area contributed by atoms with Gasteiger partial charge in [0.25, 0.3) is 5.91 Å². The highest BCUT2D eigenvalue weighted by Gasteiger charge is 2.38. The number of benzene rings is 1. The second-order valence-electron chi connectivity index (χ2n) is 5.88. The number of rotatable bonds is 3. The SMILES string of the molecule is O=C1COc2cccc(N(CC3=CCC(C(F)(F)F)C=C3)C(=O)O)c2N1. The Hall–Kier alpha value is -2.97. The first-order valence-electron chi connectivity index (χ1n) is 7.76. The van der Waals surface area contributed by atoms with Gasteiger partial charge in [-0.25, -0.2) is 4.79 Å². The number of para-hydroxylation sites is 1. The van der Waals surface area contributed by atoms with E-state index in [0.717, 1.165) is 11.0 Å². The van der Waals surface area contributed by atoms with Gasteiger partial charge in [-0.3, -0.25) is 9.69 Å². The number of amides is 2. The molecular formula is C17H15F3N2O4. The fourth-order valence-electron chi connectivity index (χ4n) is 2.77. The molecule has 138 valence electrons. The fourth-order valence-corrected chi connectivity index (χ4v) is 2.77. The first-order chi connectivity index (χ1) is 12.3. The number of hydrogen-bond acceptors (Lipinski definition) is 3. The first-order valence-corrected chi connectivity index (χ1v) is 7.76. The Kier molecular flexibility index (Phi) is 4.62. The van der Waals surface area contributed by atoms with E-state index < -0.39 is 24.1 Å². The minimum atomic E-state index is -4.33. The van der Waals surface area contributed by atoms with Crippen LogP contribution in [0.4, 0.5) is 29.3 Å². The zero-order valence-electron chi connectivity index (χ0n) is 13.4. The molecule has 2 aliphatic rings. The largest absolute Gasteiger partial charge is 0.481 e. The van der Waals surface area contributed by atoms with Crippen LogP contribution in [-0.2, 0) is 4.79 Å². The molecule has 0 saturated carbocycles. The molecule has 9 heteroatoms. The molecule has 3 rings (SSSR count). The Labute approximate surface area is 146 Å². The summed E-state index contributed by atoms with van der Waals surface area (Å²) in [7, 11) is 0. The van der Waals surface area contributed by atoms with E-state index in [-0.39, 0.29) is 30.9 Å². The second-order valence-corrected chi connectivity index (χ2v) is 5.88. The molecule has 0 radical (unpaired) electrons. The van der Waals surface area contributed by atoms with Gasteiger partial charge < -0.3 is 15.2 Å². The van der Waals surface area contributed by atoms with Crippen molar-refractivity contribution in [1.82, 2.24) is 0 Å². The maximum absolute atomic E-state index is 12.7. The Morgan fingerprint density at radius 3 is 2.77 bits per heavy atom. The molecule has 1 aromatic carbocycles. The van der Waals surface area contributed by atoms with Gasteiger partial charge >= 0.3 is 12.3 Å². The lowest BCUT2D eigenvalue weighted by Gasteiger charge is -2.27. The smallest absolute Gasteiger partial charge is 0.412 e. The number of nitrogens with one attached hydrogen (secondary N) is 1. The summed E-state index contributed by atoms with van der Waals surface area (Å²) in [6.45, 7) is -0.320. The third kappa shape index (κ3) is 3.66.